The first-order valence-corrected chi connectivity index (χ1v) is 8.30. The highest BCUT2D eigenvalue weighted by atomic mass is 32.2. The van der Waals surface area contributed by atoms with Gasteiger partial charge in [-0.15, -0.1) is 0 Å². The van der Waals surface area contributed by atoms with E-state index in [1.165, 1.54) is 0 Å². The molecular weight excluding hydrogens is 288 g/mol. The number of benzene rings is 1. The number of hydrogen-bond donors (Lipinski definition) is 2. The molecule has 1 aromatic carbocycles. The quantitative estimate of drug-likeness (QED) is 0.860. The van der Waals surface area contributed by atoms with Crippen LogP contribution >= 0.6 is 0 Å². The normalized spacial score (nSPS) is 11.6. The van der Waals surface area contributed by atoms with Gasteiger partial charge in [-0.2, -0.15) is 0 Å². The molecule has 1 aromatic heterocycles. The first kappa shape index (κ1) is 15.6. The highest BCUT2D eigenvalue weighted by Gasteiger charge is 2.21. The smallest absolute Gasteiger partial charge is 0.265 e. The molecule has 114 valence electrons. The first-order valence-electron chi connectivity index (χ1n) is 6.82. The third kappa shape index (κ3) is 3.65. The molecule has 0 aliphatic heterocycles. The third-order valence-electron chi connectivity index (χ3n) is 3.18. The van der Waals surface area contributed by atoms with Crippen LogP contribution in [0.2, 0.25) is 0 Å². The molecule has 0 spiro atoms. The lowest BCUT2D eigenvalue weighted by molar-refractivity contribution is 0.466. The molecule has 0 fully saturated rings. The zero-order chi connectivity index (χ0) is 15.5. The van der Waals surface area contributed by atoms with Crippen LogP contribution in [0.3, 0.4) is 0 Å². The lowest BCUT2D eigenvalue weighted by Gasteiger charge is -2.07. The van der Waals surface area contributed by atoms with Crippen molar-refractivity contribution in [2.45, 2.75) is 31.7 Å². The van der Waals surface area contributed by atoms with Crippen molar-refractivity contribution in [3.63, 3.8) is 0 Å². The van der Waals surface area contributed by atoms with Gasteiger partial charge in [-0.3, -0.25) is 4.72 Å². The minimum Gasteiger partial charge on any atom is -0.464 e. The Morgan fingerprint density at radius 3 is 2.43 bits per heavy atom. The van der Waals surface area contributed by atoms with E-state index in [-0.39, 0.29) is 4.90 Å². The van der Waals surface area contributed by atoms with E-state index in [1.54, 1.807) is 32.2 Å². The summed E-state index contributed by atoms with van der Waals surface area (Å²) in [5.41, 5.74) is 1.71. The fourth-order valence-corrected chi connectivity index (χ4v) is 3.33. The minimum absolute atomic E-state index is 0.173. The summed E-state index contributed by atoms with van der Waals surface area (Å²) in [6, 6.07) is 8.90. The van der Waals surface area contributed by atoms with Crippen molar-refractivity contribution in [3.05, 3.63) is 47.4 Å². The van der Waals surface area contributed by atoms with Crippen LogP contribution < -0.4 is 10.0 Å². The van der Waals surface area contributed by atoms with Crippen LogP contribution in [0.4, 0.5) is 5.69 Å². The number of nitrogens with one attached hydrogen (secondary N) is 2. The van der Waals surface area contributed by atoms with Crippen molar-refractivity contribution in [1.82, 2.24) is 5.32 Å². The Bertz CT molecular complexity index is 703. The van der Waals surface area contributed by atoms with Gasteiger partial charge in [0.15, 0.2) is 0 Å². The molecule has 0 atom stereocenters. The zero-order valence-electron chi connectivity index (χ0n) is 12.4. The van der Waals surface area contributed by atoms with Crippen LogP contribution in [-0.4, -0.2) is 15.5 Å². The molecule has 0 radical (unpaired) electrons. The molecule has 2 aromatic rings. The van der Waals surface area contributed by atoms with Crippen LogP contribution in [0, 0.1) is 6.92 Å². The van der Waals surface area contributed by atoms with Crippen molar-refractivity contribution in [2.24, 2.45) is 0 Å². The van der Waals surface area contributed by atoms with Crippen LogP contribution in [0.25, 0.3) is 0 Å². The average Bonchev–Trinajstić information content (AvgIpc) is 2.81. The largest absolute Gasteiger partial charge is 0.464 e. The summed E-state index contributed by atoms with van der Waals surface area (Å²) in [6.45, 7) is 4.19. The minimum atomic E-state index is -3.63. The second-order valence-electron chi connectivity index (χ2n) is 4.82. The van der Waals surface area contributed by atoms with Crippen LogP contribution in [0.1, 0.15) is 24.0 Å². The lowest BCUT2D eigenvalue weighted by atomic mass is 10.2. The van der Waals surface area contributed by atoms with Crippen molar-refractivity contribution < 1.29 is 12.8 Å². The summed E-state index contributed by atoms with van der Waals surface area (Å²) in [5.74, 6) is 0.981. The Morgan fingerprint density at radius 1 is 1.19 bits per heavy atom. The van der Waals surface area contributed by atoms with Crippen molar-refractivity contribution in [1.29, 1.82) is 0 Å². The predicted octanol–water partition coefficient (Wildman–Crippen LogP) is 2.67. The summed E-state index contributed by atoms with van der Waals surface area (Å²) in [4.78, 5) is 0.173. The predicted molar refractivity (Wildman–Crippen MR) is 82.8 cm³/mol. The second kappa shape index (κ2) is 6.32. The molecule has 0 aliphatic carbocycles. The van der Waals surface area contributed by atoms with E-state index in [9.17, 15) is 8.42 Å². The SMILES string of the molecule is CCc1ccc(NS(=O)(=O)c2cc(CNC)oc2C)cc1. The van der Waals surface area contributed by atoms with Crippen LogP contribution in [-0.2, 0) is 23.0 Å². The van der Waals surface area contributed by atoms with Gasteiger partial charge < -0.3 is 9.73 Å². The molecule has 0 bridgehead atoms. The summed E-state index contributed by atoms with van der Waals surface area (Å²) in [7, 11) is -1.86. The summed E-state index contributed by atoms with van der Waals surface area (Å²) >= 11 is 0. The second-order valence-corrected chi connectivity index (χ2v) is 6.47. The number of rotatable bonds is 6. The maximum atomic E-state index is 12.4. The molecule has 0 unspecified atom stereocenters. The molecule has 0 saturated carbocycles. The molecule has 0 saturated heterocycles. The summed E-state index contributed by atoms with van der Waals surface area (Å²) in [5, 5.41) is 2.93. The van der Waals surface area contributed by atoms with Gasteiger partial charge in [0.05, 0.1) is 6.54 Å². The van der Waals surface area contributed by atoms with Gasteiger partial charge in [-0.05, 0) is 38.1 Å². The van der Waals surface area contributed by atoms with Gasteiger partial charge in [0.2, 0.25) is 0 Å². The Hall–Kier alpha value is -1.79. The molecule has 0 aliphatic rings. The Morgan fingerprint density at radius 2 is 1.86 bits per heavy atom. The third-order valence-corrected chi connectivity index (χ3v) is 4.67. The Labute approximate surface area is 125 Å². The van der Waals surface area contributed by atoms with E-state index in [1.807, 2.05) is 12.1 Å². The maximum Gasteiger partial charge on any atom is 0.265 e. The first-order chi connectivity index (χ1) is 9.96. The molecule has 2 rings (SSSR count). The van der Waals surface area contributed by atoms with E-state index < -0.39 is 10.0 Å². The molecule has 5 nitrogen and oxygen atoms in total. The summed E-state index contributed by atoms with van der Waals surface area (Å²) in [6.07, 6.45) is 0.918. The standard InChI is InChI=1S/C15H20N2O3S/c1-4-12-5-7-13(8-6-12)17-21(18,19)15-9-14(10-16-3)20-11(15)2/h5-9,16-17H,4,10H2,1-3H3. The van der Waals surface area contributed by atoms with E-state index in [4.69, 9.17) is 4.42 Å². The number of anilines is 1. The maximum absolute atomic E-state index is 12.4. The van der Waals surface area contributed by atoms with Crippen LogP contribution in [0.15, 0.2) is 39.6 Å². The number of sulfonamides is 1. The average molecular weight is 308 g/mol. The van der Waals surface area contributed by atoms with E-state index >= 15 is 0 Å². The number of hydrogen-bond acceptors (Lipinski definition) is 4. The number of aryl methyl sites for hydroxylation is 2. The van der Waals surface area contributed by atoms with Gasteiger partial charge in [0.1, 0.15) is 16.4 Å². The van der Waals surface area contributed by atoms with E-state index in [0.717, 1.165) is 12.0 Å². The van der Waals surface area contributed by atoms with Crippen LogP contribution in [0.5, 0.6) is 0 Å². The van der Waals surface area contributed by atoms with Gasteiger partial charge in [0, 0.05) is 11.8 Å². The highest BCUT2D eigenvalue weighted by molar-refractivity contribution is 7.92. The monoisotopic (exact) mass is 308 g/mol. The molecule has 6 heteroatoms. The molecule has 0 amide bonds. The zero-order valence-corrected chi connectivity index (χ0v) is 13.3. The molecule has 2 N–H and O–H groups in total. The van der Waals surface area contributed by atoms with E-state index in [0.29, 0.717) is 23.8 Å². The van der Waals surface area contributed by atoms with Gasteiger partial charge >= 0.3 is 0 Å². The molecular formula is C15H20N2O3S. The Balaban J connectivity index is 2.24. The fourth-order valence-electron chi connectivity index (χ4n) is 2.07. The molecule has 1 heterocycles. The Kier molecular flexibility index (Phi) is 4.69. The highest BCUT2D eigenvalue weighted by Crippen LogP contribution is 2.23. The van der Waals surface area contributed by atoms with Gasteiger partial charge in [-0.25, -0.2) is 8.42 Å². The summed E-state index contributed by atoms with van der Waals surface area (Å²) < 4.78 is 32.8. The fraction of sp³-hybridized carbons (Fsp3) is 0.333. The van der Waals surface area contributed by atoms with Crippen molar-refractivity contribution in [2.75, 3.05) is 11.8 Å². The van der Waals surface area contributed by atoms with Gasteiger partial charge in [-0.1, -0.05) is 19.1 Å². The van der Waals surface area contributed by atoms with Crippen molar-refractivity contribution in [3.8, 4) is 0 Å². The topological polar surface area (TPSA) is 71.3 Å². The van der Waals surface area contributed by atoms with E-state index in [2.05, 4.69) is 17.0 Å². The van der Waals surface area contributed by atoms with Crippen molar-refractivity contribution >= 4 is 15.7 Å². The molecule has 21 heavy (non-hydrogen) atoms. The van der Waals surface area contributed by atoms with Gasteiger partial charge in [0.25, 0.3) is 10.0 Å². The number of furan rings is 1. The lowest BCUT2D eigenvalue weighted by Crippen LogP contribution is -2.13.